The van der Waals surface area contributed by atoms with Crippen molar-refractivity contribution in [1.82, 2.24) is 5.32 Å². The zero-order valence-corrected chi connectivity index (χ0v) is 17.6. The lowest BCUT2D eigenvalue weighted by Gasteiger charge is -2.45. The molecular weight excluding hydrogens is 348 g/mol. The van der Waals surface area contributed by atoms with Crippen molar-refractivity contribution in [2.24, 2.45) is 11.7 Å². The Morgan fingerprint density at radius 3 is 2.57 bits per heavy atom. The van der Waals surface area contributed by atoms with Gasteiger partial charge in [-0.25, -0.2) is 0 Å². The smallest absolute Gasteiger partial charge is 0.224 e. The van der Waals surface area contributed by atoms with Gasteiger partial charge in [-0.2, -0.15) is 0 Å². The number of allylic oxidation sites excluding steroid dienone is 2. The third kappa shape index (κ3) is 3.95. The molecular formula is C23H34N4O. The summed E-state index contributed by atoms with van der Waals surface area (Å²) in [4.78, 5) is 16.8. The second-order valence-corrected chi connectivity index (χ2v) is 8.20. The van der Waals surface area contributed by atoms with Gasteiger partial charge < -0.3 is 20.9 Å². The minimum Gasteiger partial charge on any atom is -0.378 e. The minimum absolute atomic E-state index is 0.0861. The maximum absolute atomic E-state index is 12.4. The van der Waals surface area contributed by atoms with Crippen LogP contribution in [-0.2, 0) is 4.79 Å². The highest BCUT2D eigenvalue weighted by Crippen LogP contribution is 2.43. The first-order valence-corrected chi connectivity index (χ1v) is 10.4. The van der Waals surface area contributed by atoms with E-state index in [1.165, 1.54) is 11.3 Å². The van der Waals surface area contributed by atoms with Crippen molar-refractivity contribution in [3.63, 3.8) is 0 Å². The van der Waals surface area contributed by atoms with Gasteiger partial charge in [-0.1, -0.05) is 19.6 Å². The van der Waals surface area contributed by atoms with Gasteiger partial charge in [0.05, 0.1) is 6.04 Å². The number of anilines is 2. The summed E-state index contributed by atoms with van der Waals surface area (Å²) in [6.45, 7) is 14.1. The summed E-state index contributed by atoms with van der Waals surface area (Å²) in [7, 11) is 0. The molecule has 2 aliphatic heterocycles. The summed E-state index contributed by atoms with van der Waals surface area (Å²) in [6, 6.07) is 7.03. The molecule has 0 aliphatic carbocycles. The lowest BCUT2D eigenvalue weighted by atomic mass is 9.82. The zero-order chi connectivity index (χ0) is 20.4. The Balaban J connectivity index is 2.01. The normalized spacial score (nSPS) is 25.7. The third-order valence-corrected chi connectivity index (χ3v) is 6.25. The molecule has 1 saturated heterocycles. The molecule has 3 rings (SSSR count). The molecule has 0 spiro atoms. The molecule has 28 heavy (non-hydrogen) atoms. The van der Waals surface area contributed by atoms with Gasteiger partial charge in [-0.3, -0.25) is 4.79 Å². The Morgan fingerprint density at radius 2 is 1.96 bits per heavy atom. The quantitative estimate of drug-likeness (QED) is 0.779. The van der Waals surface area contributed by atoms with Crippen molar-refractivity contribution in [1.29, 1.82) is 0 Å². The van der Waals surface area contributed by atoms with Crippen LogP contribution in [0.2, 0.25) is 0 Å². The minimum atomic E-state index is 0.0861. The number of carbonyl (C=O) groups excluding carboxylic acids is 1. The van der Waals surface area contributed by atoms with E-state index in [1.54, 1.807) is 6.92 Å². The highest BCUT2D eigenvalue weighted by atomic mass is 16.2. The van der Waals surface area contributed by atoms with Gasteiger partial charge in [0.1, 0.15) is 0 Å². The molecule has 3 N–H and O–H groups in total. The fraction of sp³-hybridized carbons (Fsp3) is 0.522. The van der Waals surface area contributed by atoms with Crippen LogP contribution >= 0.6 is 0 Å². The summed E-state index contributed by atoms with van der Waals surface area (Å²) in [5, 5.41) is 3.60. The van der Waals surface area contributed by atoms with Crippen LogP contribution in [0.4, 0.5) is 11.4 Å². The highest BCUT2D eigenvalue weighted by molar-refractivity contribution is 5.94. The number of hydrogen-bond donors (Lipinski definition) is 2. The first-order chi connectivity index (χ1) is 13.3. The van der Waals surface area contributed by atoms with E-state index >= 15 is 0 Å². The van der Waals surface area contributed by atoms with Crippen molar-refractivity contribution in [2.75, 3.05) is 22.9 Å². The van der Waals surface area contributed by atoms with E-state index in [4.69, 9.17) is 5.73 Å². The van der Waals surface area contributed by atoms with Gasteiger partial charge in [0.15, 0.2) is 0 Å². The van der Waals surface area contributed by atoms with Crippen LogP contribution in [0.5, 0.6) is 0 Å². The van der Waals surface area contributed by atoms with E-state index in [-0.39, 0.29) is 23.9 Å². The number of fused-ring (bicyclic) bond motifs is 1. The van der Waals surface area contributed by atoms with Crippen molar-refractivity contribution in [3.8, 4) is 0 Å². The Labute approximate surface area is 169 Å². The fourth-order valence-electron chi connectivity index (χ4n) is 4.50. The fourth-order valence-corrected chi connectivity index (χ4v) is 4.50. The first kappa shape index (κ1) is 20.5. The average Bonchev–Trinajstić information content (AvgIpc) is 2.66. The second kappa shape index (κ2) is 8.39. The molecule has 152 valence electrons. The summed E-state index contributed by atoms with van der Waals surface area (Å²) in [5.74, 6) is 0.339. The van der Waals surface area contributed by atoms with E-state index in [1.807, 2.05) is 24.0 Å². The van der Waals surface area contributed by atoms with Crippen LogP contribution in [0.3, 0.4) is 0 Å². The van der Waals surface area contributed by atoms with Crippen molar-refractivity contribution in [3.05, 3.63) is 48.2 Å². The molecule has 1 fully saturated rings. The number of benzene rings is 1. The molecule has 0 bridgehead atoms. The van der Waals surface area contributed by atoms with Crippen LogP contribution < -0.4 is 20.9 Å². The van der Waals surface area contributed by atoms with E-state index in [9.17, 15) is 4.79 Å². The maximum Gasteiger partial charge on any atom is 0.224 e. The summed E-state index contributed by atoms with van der Waals surface area (Å²) in [5.41, 5.74) is 10.3. The SMILES string of the molecule is C=C(/C=C\C)N[C@H]1c2cc(N3CCC(N)CC3)ccc2N(C(C)=O)[C@@H](C)[C@@H]1C. The zero-order valence-electron chi connectivity index (χ0n) is 17.6. The number of hydrogen-bond acceptors (Lipinski definition) is 4. The number of amides is 1. The molecule has 0 unspecified atom stereocenters. The monoisotopic (exact) mass is 382 g/mol. The Morgan fingerprint density at radius 1 is 1.29 bits per heavy atom. The van der Waals surface area contributed by atoms with Crippen molar-refractivity contribution < 1.29 is 4.79 Å². The molecule has 1 aromatic rings. The Hall–Kier alpha value is -2.27. The van der Waals surface area contributed by atoms with Gasteiger partial charge >= 0.3 is 0 Å². The summed E-state index contributed by atoms with van der Waals surface area (Å²) < 4.78 is 0. The molecule has 0 aromatic heterocycles. The number of nitrogens with two attached hydrogens (primary N) is 1. The Kier molecular flexibility index (Phi) is 6.14. The van der Waals surface area contributed by atoms with Gasteiger partial charge in [-0.05, 0) is 51.0 Å². The number of rotatable bonds is 4. The maximum atomic E-state index is 12.4. The van der Waals surface area contributed by atoms with Gasteiger partial charge in [0.2, 0.25) is 5.91 Å². The van der Waals surface area contributed by atoms with E-state index < -0.39 is 0 Å². The van der Waals surface area contributed by atoms with Crippen LogP contribution in [0.1, 0.15) is 52.1 Å². The molecule has 2 aliphatic rings. The molecule has 5 heteroatoms. The van der Waals surface area contributed by atoms with Gasteiger partial charge in [0, 0.05) is 60.7 Å². The van der Waals surface area contributed by atoms with E-state index in [0.29, 0.717) is 6.04 Å². The van der Waals surface area contributed by atoms with Crippen molar-refractivity contribution in [2.45, 2.75) is 58.7 Å². The van der Waals surface area contributed by atoms with E-state index in [2.05, 4.69) is 48.8 Å². The topological polar surface area (TPSA) is 61.6 Å². The molecule has 2 heterocycles. The number of nitrogens with one attached hydrogen (secondary N) is 1. The summed E-state index contributed by atoms with van der Waals surface area (Å²) in [6.07, 6.45) is 6.01. The lowest BCUT2D eigenvalue weighted by molar-refractivity contribution is -0.117. The average molecular weight is 383 g/mol. The van der Waals surface area contributed by atoms with E-state index in [0.717, 1.165) is 37.3 Å². The van der Waals surface area contributed by atoms with Crippen LogP contribution in [0, 0.1) is 5.92 Å². The molecule has 1 aromatic carbocycles. The number of carbonyl (C=O) groups is 1. The molecule has 0 saturated carbocycles. The number of nitrogens with zero attached hydrogens (tertiary/aromatic N) is 2. The predicted octanol–water partition coefficient (Wildman–Crippen LogP) is 3.73. The number of piperidine rings is 1. The first-order valence-electron chi connectivity index (χ1n) is 10.4. The molecule has 0 radical (unpaired) electrons. The third-order valence-electron chi connectivity index (χ3n) is 6.25. The lowest BCUT2D eigenvalue weighted by Crippen LogP contribution is -2.49. The largest absolute Gasteiger partial charge is 0.378 e. The molecule has 3 atom stereocenters. The van der Waals surface area contributed by atoms with Crippen LogP contribution in [0.25, 0.3) is 0 Å². The highest BCUT2D eigenvalue weighted by Gasteiger charge is 2.38. The van der Waals surface area contributed by atoms with Gasteiger partial charge in [-0.15, -0.1) is 0 Å². The van der Waals surface area contributed by atoms with Gasteiger partial charge in [0.25, 0.3) is 0 Å². The second-order valence-electron chi connectivity index (χ2n) is 8.20. The van der Waals surface area contributed by atoms with Crippen molar-refractivity contribution >= 4 is 17.3 Å². The van der Waals surface area contributed by atoms with Crippen LogP contribution in [-0.4, -0.2) is 31.1 Å². The predicted molar refractivity (Wildman–Crippen MR) is 117 cm³/mol. The molecule has 5 nitrogen and oxygen atoms in total. The summed E-state index contributed by atoms with van der Waals surface area (Å²) >= 11 is 0. The Bertz CT molecular complexity index is 764. The molecule has 1 amide bonds. The van der Waals surface area contributed by atoms with Crippen LogP contribution in [0.15, 0.2) is 42.6 Å². The standard InChI is InChI=1S/C23H34N4O/c1-6-7-15(2)25-23-16(3)17(4)27(18(5)28)22-9-8-20(14-21(22)23)26-12-10-19(24)11-13-26/h6-9,14,16-17,19,23,25H,2,10-13,24H2,1,3-5H3/b7-6-/t16-,17-,23+/m0/s1.